The molecule has 1 aliphatic heterocycles. The number of anilines is 1. The fourth-order valence-electron chi connectivity index (χ4n) is 2.27. The number of hydrogen-bond acceptors (Lipinski definition) is 7. The Kier molecular flexibility index (Phi) is 3.04. The molecule has 0 saturated carbocycles. The smallest absolute Gasteiger partial charge is 0.244 e. The first-order valence-corrected chi connectivity index (χ1v) is 6.39. The van der Waals surface area contributed by atoms with Gasteiger partial charge in [-0.3, -0.25) is 4.57 Å². The van der Waals surface area contributed by atoms with Crippen molar-refractivity contribution in [2.45, 2.75) is 24.1 Å². The molecule has 8 nitrogen and oxygen atoms in total. The number of nitrogens with zero attached hydrogens (tertiary/aromatic N) is 4. The van der Waals surface area contributed by atoms with Crippen LogP contribution < -0.4 is 5.73 Å². The van der Waals surface area contributed by atoms with Crippen molar-refractivity contribution in [3.05, 3.63) is 12.5 Å². The van der Waals surface area contributed by atoms with Crippen molar-refractivity contribution in [3.63, 3.8) is 0 Å². The number of fused-ring (bicyclic) bond motifs is 1. The standard InChI is InChI=1S/C12H11ClFN5O3/c13-2-1-12(14)8(21)7(4-20)22-10(12)19-5-17-6-3-16-11(15)18-9(6)19/h3,5,7-8,10,20-21H,4H2,(H2,15,16,18)/t7-,8+,10-,12?/m1/s1/i4D2. The summed E-state index contributed by atoms with van der Waals surface area (Å²) in [6.45, 7) is -3.02. The number of rotatable bonds is 2. The van der Waals surface area contributed by atoms with Crippen molar-refractivity contribution in [1.82, 2.24) is 19.5 Å². The Balaban J connectivity index is 2.16. The number of hydrogen-bond donors (Lipinski definition) is 3. The van der Waals surface area contributed by atoms with Gasteiger partial charge in [-0.15, -0.1) is 0 Å². The van der Waals surface area contributed by atoms with Crippen molar-refractivity contribution in [1.29, 1.82) is 0 Å². The Morgan fingerprint density at radius 2 is 2.41 bits per heavy atom. The van der Waals surface area contributed by atoms with Gasteiger partial charge in [0, 0.05) is 5.38 Å². The largest absolute Gasteiger partial charge is 0.394 e. The maximum atomic E-state index is 15.3. The van der Waals surface area contributed by atoms with Gasteiger partial charge in [0.1, 0.15) is 17.7 Å². The molecule has 1 fully saturated rings. The van der Waals surface area contributed by atoms with E-state index in [2.05, 4.69) is 15.0 Å². The van der Waals surface area contributed by atoms with Crippen LogP contribution in [0.3, 0.4) is 0 Å². The zero-order valence-electron chi connectivity index (χ0n) is 12.8. The minimum absolute atomic E-state index is 0.0808. The molecule has 3 heterocycles. The van der Waals surface area contributed by atoms with E-state index in [1.165, 1.54) is 6.20 Å². The molecule has 0 spiro atoms. The summed E-state index contributed by atoms with van der Waals surface area (Å²) < 4.78 is 36.2. The van der Waals surface area contributed by atoms with Crippen LogP contribution in [0.15, 0.2) is 12.5 Å². The highest BCUT2D eigenvalue weighted by Crippen LogP contribution is 2.42. The maximum Gasteiger partial charge on any atom is 0.244 e. The van der Waals surface area contributed by atoms with Crippen LogP contribution in [-0.4, -0.2) is 54.2 Å². The van der Waals surface area contributed by atoms with E-state index >= 15 is 4.39 Å². The van der Waals surface area contributed by atoms with Gasteiger partial charge >= 0.3 is 0 Å². The van der Waals surface area contributed by atoms with Gasteiger partial charge in [0.05, 0.1) is 21.8 Å². The number of nitrogen functional groups attached to an aromatic ring is 1. The van der Waals surface area contributed by atoms with Crippen LogP contribution in [0.2, 0.25) is 0 Å². The topological polar surface area (TPSA) is 119 Å². The van der Waals surface area contributed by atoms with Crippen molar-refractivity contribution in [2.75, 3.05) is 12.3 Å². The van der Waals surface area contributed by atoms with E-state index in [1.807, 2.05) is 11.3 Å². The summed E-state index contributed by atoms with van der Waals surface area (Å²) in [5, 5.41) is 21.4. The van der Waals surface area contributed by atoms with E-state index in [9.17, 15) is 10.2 Å². The summed E-state index contributed by atoms with van der Waals surface area (Å²) in [7, 11) is 0. The summed E-state index contributed by atoms with van der Waals surface area (Å²) in [5.74, 6) is 1.86. The fraction of sp³-hybridized carbons (Fsp3) is 0.417. The Morgan fingerprint density at radius 3 is 3.09 bits per heavy atom. The lowest BCUT2D eigenvalue weighted by atomic mass is 9.97. The lowest BCUT2D eigenvalue weighted by molar-refractivity contribution is -0.0504. The molecule has 2 aromatic rings. The van der Waals surface area contributed by atoms with E-state index in [0.29, 0.717) is 0 Å². The number of imidazole rings is 1. The van der Waals surface area contributed by atoms with Crippen molar-refractivity contribution in [3.8, 4) is 11.3 Å². The van der Waals surface area contributed by atoms with Gasteiger partial charge < -0.3 is 20.7 Å². The maximum absolute atomic E-state index is 15.3. The van der Waals surface area contributed by atoms with E-state index in [4.69, 9.17) is 24.8 Å². The predicted molar refractivity (Wildman–Crippen MR) is 74.2 cm³/mol. The molecular weight excluding hydrogens is 317 g/mol. The molecule has 0 aliphatic carbocycles. The molecule has 4 N–H and O–H groups in total. The Bertz CT molecular complexity index is 851. The number of ether oxygens (including phenoxy) is 1. The fourth-order valence-corrected chi connectivity index (χ4v) is 2.41. The molecule has 0 radical (unpaired) electrons. The molecule has 1 unspecified atom stereocenters. The van der Waals surface area contributed by atoms with E-state index in [-0.39, 0.29) is 17.1 Å². The molecule has 4 atom stereocenters. The summed E-state index contributed by atoms with van der Waals surface area (Å²) in [6, 6.07) is 0. The average Bonchev–Trinajstić information content (AvgIpc) is 2.99. The normalized spacial score (nSPS) is 33.2. The molecule has 22 heavy (non-hydrogen) atoms. The highest BCUT2D eigenvalue weighted by molar-refractivity contribution is 6.30. The van der Waals surface area contributed by atoms with Crippen LogP contribution in [-0.2, 0) is 4.74 Å². The Hall–Kier alpha value is -1.99. The van der Waals surface area contributed by atoms with Crippen LogP contribution in [0.25, 0.3) is 11.2 Å². The molecular formula is C12H11ClFN5O3. The zero-order chi connectivity index (χ0) is 17.7. The quantitative estimate of drug-likeness (QED) is 0.639. The Morgan fingerprint density at radius 1 is 1.64 bits per heavy atom. The summed E-state index contributed by atoms with van der Waals surface area (Å²) in [5.41, 5.74) is 3.02. The molecule has 116 valence electrons. The van der Waals surface area contributed by atoms with Gasteiger partial charge in [0.2, 0.25) is 11.6 Å². The SMILES string of the molecule is [2H]C([2H])(O)[C@H]1O[C@@H](n2cnc3cnc(N)nc32)C(F)(C#CCl)[C@H]1O. The molecule has 0 bridgehead atoms. The first-order valence-electron chi connectivity index (χ1n) is 7.01. The summed E-state index contributed by atoms with van der Waals surface area (Å²) >= 11 is 5.27. The van der Waals surface area contributed by atoms with Gasteiger partial charge in [0.15, 0.2) is 11.9 Å². The third-order valence-electron chi connectivity index (χ3n) is 3.31. The summed E-state index contributed by atoms with van der Waals surface area (Å²) in [6.07, 6.45) is -3.26. The van der Waals surface area contributed by atoms with Crippen LogP contribution in [0.5, 0.6) is 0 Å². The van der Waals surface area contributed by atoms with Gasteiger partial charge in [-0.2, -0.15) is 4.98 Å². The number of alkyl halides is 1. The van der Waals surface area contributed by atoms with Gasteiger partial charge in [-0.25, -0.2) is 14.4 Å². The molecule has 1 aliphatic rings. The van der Waals surface area contributed by atoms with E-state index in [1.54, 1.807) is 0 Å². The van der Waals surface area contributed by atoms with Gasteiger partial charge in [-0.1, -0.05) is 0 Å². The number of halogens is 2. The van der Waals surface area contributed by atoms with Crippen LogP contribution in [0, 0.1) is 11.3 Å². The molecule has 2 aromatic heterocycles. The van der Waals surface area contributed by atoms with Gasteiger partial charge in [-0.05, 0) is 17.5 Å². The second kappa shape index (κ2) is 5.33. The van der Waals surface area contributed by atoms with E-state index in [0.717, 1.165) is 10.9 Å². The minimum Gasteiger partial charge on any atom is -0.394 e. The monoisotopic (exact) mass is 329 g/mol. The third kappa shape index (κ3) is 2.08. The Labute approximate surface area is 131 Å². The summed E-state index contributed by atoms with van der Waals surface area (Å²) in [4.78, 5) is 11.6. The van der Waals surface area contributed by atoms with Crippen LogP contribution in [0.1, 0.15) is 8.97 Å². The lowest BCUT2D eigenvalue weighted by Gasteiger charge is -2.23. The highest BCUT2D eigenvalue weighted by atomic mass is 35.5. The second-order valence-corrected chi connectivity index (χ2v) is 4.75. The van der Waals surface area contributed by atoms with E-state index < -0.39 is 30.7 Å². The van der Waals surface area contributed by atoms with Crippen molar-refractivity contribution >= 4 is 28.7 Å². The first-order chi connectivity index (χ1) is 11.2. The predicted octanol–water partition coefficient (Wildman–Crippen LogP) is -0.433. The number of nitrogens with two attached hydrogens (primary N) is 1. The zero-order valence-corrected chi connectivity index (χ0v) is 11.6. The molecule has 0 amide bonds. The van der Waals surface area contributed by atoms with Crippen molar-refractivity contribution in [2.24, 2.45) is 0 Å². The van der Waals surface area contributed by atoms with Crippen molar-refractivity contribution < 1.29 is 22.1 Å². The molecule has 1 saturated heterocycles. The molecule has 10 heteroatoms. The molecule has 0 aromatic carbocycles. The minimum atomic E-state index is -3.02. The number of aromatic nitrogens is 4. The lowest BCUT2D eigenvalue weighted by Crippen LogP contribution is -2.42. The highest BCUT2D eigenvalue weighted by Gasteiger charge is 2.58. The average molecular weight is 330 g/mol. The van der Waals surface area contributed by atoms with Crippen LogP contribution >= 0.6 is 11.6 Å². The first kappa shape index (κ1) is 12.5. The molecule has 3 rings (SSSR count). The second-order valence-electron chi connectivity index (χ2n) is 4.56. The number of aliphatic hydroxyl groups is 2. The van der Waals surface area contributed by atoms with Crippen LogP contribution in [0.4, 0.5) is 10.3 Å². The third-order valence-corrected chi connectivity index (χ3v) is 3.40. The van der Waals surface area contributed by atoms with Gasteiger partial charge in [0.25, 0.3) is 0 Å². The number of aliphatic hydroxyl groups excluding tert-OH is 1.